The number of aliphatic hydroxyl groups is 1. The highest BCUT2D eigenvalue weighted by molar-refractivity contribution is 9.10. The molecule has 5 heteroatoms. The van der Waals surface area contributed by atoms with Gasteiger partial charge in [-0.1, -0.05) is 64.5 Å². The summed E-state index contributed by atoms with van der Waals surface area (Å²) in [5.74, 6) is -2.22. The summed E-state index contributed by atoms with van der Waals surface area (Å²) in [5.41, 5.74) is 1.20. The summed E-state index contributed by atoms with van der Waals surface area (Å²) in [5, 5.41) is 9.91. The number of benzene rings is 2. The summed E-state index contributed by atoms with van der Waals surface area (Å²) in [6.45, 7) is 0.00897. The lowest BCUT2D eigenvalue weighted by molar-refractivity contribution is -0.152. The first kappa shape index (κ1) is 16.0. The Kier molecular flexibility index (Phi) is 5.49. The molecule has 2 rings (SSSR count). The number of esters is 1. The van der Waals surface area contributed by atoms with Gasteiger partial charge in [0.25, 0.3) is 5.78 Å². The number of halogens is 1. The number of ether oxygens (including phenoxy) is 1. The number of hydrogen-bond donors (Lipinski definition) is 1. The van der Waals surface area contributed by atoms with E-state index < -0.39 is 11.8 Å². The van der Waals surface area contributed by atoms with E-state index in [0.29, 0.717) is 10.0 Å². The number of aliphatic hydroxyl groups excluding tert-OH is 1. The smallest absolute Gasteiger partial charge is 0.379 e. The molecule has 22 heavy (non-hydrogen) atoms. The van der Waals surface area contributed by atoms with Crippen LogP contribution in [0.2, 0.25) is 0 Å². The van der Waals surface area contributed by atoms with E-state index in [2.05, 4.69) is 15.9 Å². The van der Waals surface area contributed by atoms with Gasteiger partial charge in [-0.3, -0.25) is 4.79 Å². The van der Waals surface area contributed by atoms with Gasteiger partial charge in [0.15, 0.2) is 0 Å². The van der Waals surface area contributed by atoms with Crippen molar-refractivity contribution >= 4 is 33.4 Å². The summed E-state index contributed by atoms with van der Waals surface area (Å²) in [4.78, 5) is 23.4. The molecule has 0 radical (unpaired) electrons. The van der Waals surface area contributed by atoms with Gasteiger partial charge < -0.3 is 9.84 Å². The van der Waals surface area contributed by atoms with E-state index in [1.54, 1.807) is 36.4 Å². The number of carbonyl (C=O) groups excluding carboxylic acids is 2. The quantitative estimate of drug-likeness (QED) is 0.382. The molecule has 2 aromatic rings. The zero-order valence-corrected chi connectivity index (χ0v) is 13.1. The largest absolute Gasteiger partial charge is 0.507 e. The molecule has 1 N–H and O–H groups in total. The van der Waals surface area contributed by atoms with Gasteiger partial charge in [0, 0.05) is 16.1 Å². The van der Waals surface area contributed by atoms with Gasteiger partial charge in [-0.25, -0.2) is 4.79 Å². The zero-order chi connectivity index (χ0) is 15.9. The molecular weight excluding hydrogens is 348 g/mol. The Morgan fingerprint density at radius 2 is 1.68 bits per heavy atom. The Balaban J connectivity index is 2.00. The highest BCUT2D eigenvalue weighted by atomic mass is 79.9. The van der Waals surface area contributed by atoms with E-state index in [4.69, 9.17) is 4.74 Å². The third-order valence-electron chi connectivity index (χ3n) is 2.83. The number of ketones is 1. The minimum absolute atomic E-state index is 0.00897. The van der Waals surface area contributed by atoms with Gasteiger partial charge in [-0.15, -0.1) is 0 Å². The average molecular weight is 361 g/mol. The number of carbonyl (C=O) groups is 2. The van der Waals surface area contributed by atoms with Gasteiger partial charge in [0.2, 0.25) is 0 Å². The molecule has 0 fully saturated rings. The summed E-state index contributed by atoms with van der Waals surface area (Å²) < 4.78 is 5.52. The van der Waals surface area contributed by atoms with E-state index >= 15 is 0 Å². The molecule has 0 spiro atoms. The second-order valence-electron chi connectivity index (χ2n) is 4.44. The second kappa shape index (κ2) is 7.56. The van der Waals surface area contributed by atoms with Crippen LogP contribution in [-0.4, -0.2) is 16.9 Å². The lowest BCUT2D eigenvalue weighted by Crippen LogP contribution is -2.15. The first-order chi connectivity index (χ1) is 10.6. The SMILES string of the molecule is O=C(C=C(O)c1ccccc1Br)C(=O)OCc1ccccc1. The monoisotopic (exact) mass is 360 g/mol. The summed E-state index contributed by atoms with van der Waals surface area (Å²) >= 11 is 3.26. The fourth-order valence-electron chi connectivity index (χ4n) is 1.72. The normalized spacial score (nSPS) is 11.0. The molecule has 0 unspecified atom stereocenters. The summed E-state index contributed by atoms with van der Waals surface area (Å²) in [6.07, 6.45) is 0.855. The highest BCUT2D eigenvalue weighted by Gasteiger charge is 2.15. The molecule has 0 atom stereocenters. The third-order valence-corrected chi connectivity index (χ3v) is 3.52. The van der Waals surface area contributed by atoms with Crippen LogP contribution in [0.1, 0.15) is 11.1 Å². The molecule has 0 heterocycles. The topological polar surface area (TPSA) is 63.6 Å². The molecule has 4 nitrogen and oxygen atoms in total. The van der Waals surface area contributed by atoms with Crippen molar-refractivity contribution in [3.05, 3.63) is 76.3 Å². The lowest BCUT2D eigenvalue weighted by atomic mass is 10.1. The van der Waals surface area contributed by atoms with Crippen LogP contribution >= 0.6 is 15.9 Å². The predicted molar refractivity (Wildman–Crippen MR) is 86.0 cm³/mol. The van der Waals surface area contributed by atoms with Crippen molar-refractivity contribution in [3.63, 3.8) is 0 Å². The van der Waals surface area contributed by atoms with E-state index in [0.717, 1.165) is 11.6 Å². The second-order valence-corrected chi connectivity index (χ2v) is 5.29. The van der Waals surface area contributed by atoms with E-state index in [1.807, 2.05) is 18.2 Å². The molecule has 112 valence electrons. The Morgan fingerprint density at radius 3 is 2.36 bits per heavy atom. The Labute approximate surface area is 136 Å². The zero-order valence-electron chi connectivity index (χ0n) is 11.5. The van der Waals surface area contributed by atoms with Crippen molar-refractivity contribution < 1.29 is 19.4 Å². The molecular formula is C17H13BrO4. The van der Waals surface area contributed by atoms with Gasteiger partial charge in [-0.2, -0.15) is 0 Å². The molecule has 0 saturated carbocycles. The van der Waals surface area contributed by atoms with Crippen LogP contribution < -0.4 is 0 Å². The van der Waals surface area contributed by atoms with E-state index in [9.17, 15) is 14.7 Å². The van der Waals surface area contributed by atoms with E-state index in [1.165, 1.54) is 0 Å². The Bertz CT molecular complexity index is 708. The van der Waals surface area contributed by atoms with Crippen LogP contribution in [0.15, 0.2) is 65.1 Å². The Hall–Kier alpha value is -2.40. The van der Waals surface area contributed by atoms with Crippen LogP contribution in [0, 0.1) is 0 Å². The molecule has 0 aromatic heterocycles. The van der Waals surface area contributed by atoms with Gasteiger partial charge in [0.1, 0.15) is 12.4 Å². The van der Waals surface area contributed by atoms with Crippen molar-refractivity contribution in [2.45, 2.75) is 6.61 Å². The number of hydrogen-bond acceptors (Lipinski definition) is 4. The van der Waals surface area contributed by atoms with Crippen molar-refractivity contribution in [2.24, 2.45) is 0 Å². The first-order valence-electron chi connectivity index (χ1n) is 6.48. The average Bonchev–Trinajstić information content (AvgIpc) is 2.53. The molecule has 0 aliphatic rings. The van der Waals surface area contributed by atoms with Crippen LogP contribution in [0.4, 0.5) is 0 Å². The van der Waals surface area contributed by atoms with Crippen molar-refractivity contribution in [1.82, 2.24) is 0 Å². The highest BCUT2D eigenvalue weighted by Crippen LogP contribution is 2.22. The van der Waals surface area contributed by atoms with Crippen LogP contribution in [0.3, 0.4) is 0 Å². The van der Waals surface area contributed by atoms with Crippen LogP contribution in [0.25, 0.3) is 5.76 Å². The minimum Gasteiger partial charge on any atom is -0.507 e. The van der Waals surface area contributed by atoms with Crippen LogP contribution in [-0.2, 0) is 20.9 Å². The molecule has 0 amide bonds. The molecule has 0 bridgehead atoms. The third kappa shape index (κ3) is 4.30. The predicted octanol–water partition coefficient (Wildman–Crippen LogP) is 3.66. The maximum Gasteiger partial charge on any atom is 0.379 e. The molecule has 2 aromatic carbocycles. The van der Waals surface area contributed by atoms with Crippen LogP contribution in [0.5, 0.6) is 0 Å². The first-order valence-corrected chi connectivity index (χ1v) is 7.28. The molecule has 0 saturated heterocycles. The summed E-state index contributed by atoms with van der Waals surface area (Å²) in [6, 6.07) is 15.9. The van der Waals surface area contributed by atoms with Gasteiger partial charge >= 0.3 is 5.97 Å². The molecule has 0 aliphatic carbocycles. The summed E-state index contributed by atoms with van der Waals surface area (Å²) in [7, 11) is 0. The lowest BCUT2D eigenvalue weighted by Gasteiger charge is -2.04. The Morgan fingerprint density at radius 1 is 1.05 bits per heavy atom. The van der Waals surface area contributed by atoms with E-state index in [-0.39, 0.29) is 12.4 Å². The maximum atomic E-state index is 11.7. The van der Waals surface area contributed by atoms with Crippen molar-refractivity contribution in [3.8, 4) is 0 Å². The fourth-order valence-corrected chi connectivity index (χ4v) is 2.21. The fraction of sp³-hybridized carbons (Fsp3) is 0.0588. The van der Waals surface area contributed by atoms with Crippen molar-refractivity contribution in [2.75, 3.05) is 0 Å². The standard InChI is InChI=1S/C17H13BrO4/c18-14-9-5-4-8-13(14)15(19)10-16(20)17(21)22-11-12-6-2-1-3-7-12/h1-10,19H,11H2. The minimum atomic E-state index is -1.01. The molecule has 0 aliphatic heterocycles. The van der Waals surface area contributed by atoms with Crippen molar-refractivity contribution in [1.29, 1.82) is 0 Å². The van der Waals surface area contributed by atoms with Gasteiger partial charge in [-0.05, 0) is 11.6 Å². The van der Waals surface area contributed by atoms with Gasteiger partial charge in [0.05, 0.1) is 0 Å². The maximum absolute atomic E-state index is 11.7. The number of rotatable bonds is 5.